The highest BCUT2D eigenvalue weighted by atomic mass is 15.1. The summed E-state index contributed by atoms with van der Waals surface area (Å²) < 4.78 is 0. The molecule has 0 amide bonds. The summed E-state index contributed by atoms with van der Waals surface area (Å²) in [6.07, 6.45) is 8.26. The van der Waals surface area contributed by atoms with Crippen LogP contribution >= 0.6 is 0 Å². The van der Waals surface area contributed by atoms with Gasteiger partial charge in [-0.3, -0.25) is 4.98 Å². The lowest BCUT2D eigenvalue weighted by molar-refractivity contribution is 0.405. The maximum atomic E-state index is 4.79. The van der Waals surface area contributed by atoms with E-state index < -0.39 is 0 Å². The Kier molecular flexibility index (Phi) is 4.45. The molecule has 0 unspecified atom stereocenters. The molecule has 0 aliphatic carbocycles. The van der Waals surface area contributed by atoms with Crippen molar-refractivity contribution < 1.29 is 0 Å². The Hall–Kier alpha value is -3.06. The molecular formula is C19H21N7. The number of nitrogens with one attached hydrogen (secondary N) is 2. The molecule has 0 fully saturated rings. The first-order chi connectivity index (χ1) is 12.7. The molecule has 0 bridgehead atoms. The zero-order valence-corrected chi connectivity index (χ0v) is 14.9. The molecule has 0 radical (unpaired) electrons. The molecule has 132 valence electrons. The van der Waals surface area contributed by atoms with E-state index in [9.17, 15) is 0 Å². The second kappa shape index (κ2) is 7.05. The number of hydrogen-bond acceptors (Lipinski definition) is 7. The van der Waals surface area contributed by atoms with Crippen molar-refractivity contribution in [3.8, 4) is 22.4 Å². The maximum Gasteiger partial charge on any atom is 0.223 e. The SMILES string of the molecule is CN(C)CCCNc1ncc2c(n1)-c1cccnc1Nc1cnccc1-2. The van der Waals surface area contributed by atoms with Crippen LogP contribution in [0.2, 0.25) is 0 Å². The van der Waals surface area contributed by atoms with E-state index in [1.165, 1.54) is 0 Å². The molecule has 1 aliphatic rings. The Morgan fingerprint density at radius 1 is 1.04 bits per heavy atom. The van der Waals surface area contributed by atoms with Crippen molar-refractivity contribution in [1.29, 1.82) is 0 Å². The van der Waals surface area contributed by atoms with Gasteiger partial charge >= 0.3 is 0 Å². The van der Waals surface area contributed by atoms with Crippen LogP contribution in [-0.2, 0) is 0 Å². The minimum Gasteiger partial charge on any atom is -0.354 e. The average Bonchev–Trinajstić information content (AvgIpc) is 2.79. The lowest BCUT2D eigenvalue weighted by Crippen LogP contribution is -2.17. The summed E-state index contributed by atoms with van der Waals surface area (Å²) in [4.78, 5) is 20.2. The lowest BCUT2D eigenvalue weighted by atomic mass is 10.0. The van der Waals surface area contributed by atoms with Crippen molar-refractivity contribution >= 4 is 17.5 Å². The van der Waals surface area contributed by atoms with Gasteiger partial charge in [-0.2, -0.15) is 0 Å². The minimum atomic E-state index is 0.634. The largest absolute Gasteiger partial charge is 0.354 e. The van der Waals surface area contributed by atoms with Gasteiger partial charge in [-0.15, -0.1) is 0 Å². The summed E-state index contributed by atoms with van der Waals surface area (Å²) in [6, 6.07) is 5.92. The van der Waals surface area contributed by atoms with E-state index in [1.807, 2.05) is 24.4 Å². The summed E-state index contributed by atoms with van der Waals surface area (Å²) in [5.74, 6) is 1.41. The Morgan fingerprint density at radius 2 is 1.96 bits per heavy atom. The van der Waals surface area contributed by atoms with Crippen LogP contribution < -0.4 is 10.6 Å². The monoisotopic (exact) mass is 347 g/mol. The van der Waals surface area contributed by atoms with Gasteiger partial charge in [-0.1, -0.05) is 0 Å². The fourth-order valence-electron chi connectivity index (χ4n) is 3.02. The zero-order chi connectivity index (χ0) is 17.9. The predicted octanol–water partition coefficient (Wildman–Crippen LogP) is 3.02. The highest BCUT2D eigenvalue weighted by molar-refractivity contribution is 5.95. The van der Waals surface area contributed by atoms with Crippen LogP contribution in [0.4, 0.5) is 17.5 Å². The normalized spacial score (nSPS) is 11.8. The van der Waals surface area contributed by atoms with E-state index in [4.69, 9.17) is 4.98 Å². The van der Waals surface area contributed by atoms with E-state index >= 15 is 0 Å². The quantitative estimate of drug-likeness (QED) is 0.537. The lowest BCUT2D eigenvalue weighted by Gasteiger charge is -2.12. The van der Waals surface area contributed by atoms with Crippen LogP contribution in [0.15, 0.2) is 43.0 Å². The zero-order valence-electron chi connectivity index (χ0n) is 14.9. The summed E-state index contributed by atoms with van der Waals surface area (Å²) in [5.41, 5.74) is 4.72. The van der Waals surface area contributed by atoms with Gasteiger partial charge in [-0.05, 0) is 45.3 Å². The van der Waals surface area contributed by atoms with Crippen molar-refractivity contribution in [3.63, 3.8) is 0 Å². The predicted molar refractivity (Wildman–Crippen MR) is 103 cm³/mol. The fourth-order valence-corrected chi connectivity index (χ4v) is 3.02. The van der Waals surface area contributed by atoms with Gasteiger partial charge < -0.3 is 15.5 Å². The maximum absolute atomic E-state index is 4.79. The number of nitrogens with zero attached hydrogens (tertiary/aromatic N) is 5. The van der Waals surface area contributed by atoms with Gasteiger partial charge in [0, 0.05) is 41.8 Å². The average molecular weight is 347 g/mol. The van der Waals surface area contributed by atoms with Gasteiger partial charge in [0.15, 0.2) is 0 Å². The molecule has 0 atom stereocenters. The molecule has 1 aliphatic heterocycles. The molecule has 7 nitrogen and oxygen atoms in total. The van der Waals surface area contributed by atoms with E-state index in [0.717, 1.165) is 53.4 Å². The number of pyridine rings is 2. The van der Waals surface area contributed by atoms with Gasteiger partial charge in [-0.25, -0.2) is 15.0 Å². The summed E-state index contributed by atoms with van der Waals surface area (Å²) in [5, 5.41) is 6.69. The van der Waals surface area contributed by atoms with Crippen molar-refractivity contribution in [3.05, 3.63) is 43.0 Å². The second-order valence-electron chi connectivity index (χ2n) is 6.49. The van der Waals surface area contributed by atoms with E-state index in [2.05, 4.69) is 44.6 Å². The molecule has 4 rings (SSSR count). The topological polar surface area (TPSA) is 78.9 Å². The third-order valence-electron chi connectivity index (χ3n) is 4.28. The first-order valence-corrected chi connectivity index (χ1v) is 8.65. The molecule has 26 heavy (non-hydrogen) atoms. The molecular weight excluding hydrogens is 326 g/mol. The van der Waals surface area contributed by atoms with Gasteiger partial charge in [0.1, 0.15) is 5.82 Å². The molecule has 0 saturated carbocycles. The summed E-state index contributed by atoms with van der Waals surface area (Å²) >= 11 is 0. The standard InChI is InChI=1S/C19H21N7/c1-26(2)10-4-8-22-19-23-11-15-13-6-9-20-12-16(13)24-18-14(17(15)25-19)5-3-7-21-18/h3,5-7,9,11-12H,4,8,10H2,1-2H3,(H,21,24)(H,22,23,25). The Labute approximate surface area is 152 Å². The van der Waals surface area contributed by atoms with Crippen LogP contribution in [0.3, 0.4) is 0 Å². The summed E-state index contributed by atoms with van der Waals surface area (Å²) in [6.45, 7) is 1.85. The van der Waals surface area contributed by atoms with Gasteiger partial charge in [0.05, 0.1) is 17.6 Å². The highest BCUT2D eigenvalue weighted by Crippen LogP contribution is 2.41. The molecule has 0 saturated heterocycles. The molecule has 3 aromatic rings. The summed E-state index contributed by atoms with van der Waals surface area (Å²) in [7, 11) is 4.14. The van der Waals surface area contributed by atoms with Crippen molar-refractivity contribution in [2.75, 3.05) is 37.8 Å². The van der Waals surface area contributed by atoms with Gasteiger partial charge in [0.25, 0.3) is 0 Å². The molecule has 0 spiro atoms. The van der Waals surface area contributed by atoms with E-state index in [1.54, 1.807) is 18.6 Å². The molecule has 7 heteroatoms. The number of fused-ring (bicyclic) bond motifs is 5. The van der Waals surface area contributed by atoms with E-state index in [-0.39, 0.29) is 0 Å². The molecule has 3 aromatic heterocycles. The molecule has 4 heterocycles. The third kappa shape index (κ3) is 3.21. The Balaban J connectivity index is 1.72. The number of anilines is 3. The van der Waals surface area contributed by atoms with Crippen LogP contribution in [-0.4, -0.2) is 52.0 Å². The minimum absolute atomic E-state index is 0.634. The van der Waals surface area contributed by atoms with Crippen LogP contribution in [0.25, 0.3) is 22.4 Å². The smallest absolute Gasteiger partial charge is 0.223 e. The fraction of sp³-hybridized carbons (Fsp3) is 0.263. The van der Waals surface area contributed by atoms with Crippen LogP contribution in [0.1, 0.15) is 6.42 Å². The van der Waals surface area contributed by atoms with Crippen LogP contribution in [0, 0.1) is 0 Å². The number of rotatable bonds is 5. The van der Waals surface area contributed by atoms with E-state index in [0.29, 0.717) is 5.95 Å². The number of aromatic nitrogens is 4. The Morgan fingerprint density at radius 3 is 2.85 bits per heavy atom. The first-order valence-electron chi connectivity index (χ1n) is 8.65. The number of hydrogen-bond donors (Lipinski definition) is 2. The Bertz CT molecular complexity index is 923. The van der Waals surface area contributed by atoms with Crippen LogP contribution in [0.5, 0.6) is 0 Å². The van der Waals surface area contributed by atoms with Gasteiger partial charge in [0.2, 0.25) is 5.95 Å². The van der Waals surface area contributed by atoms with Crippen molar-refractivity contribution in [2.24, 2.45) is 0 Å². The van der Waals surface area contributed by atoms with Crippen molar-refractivity contribution in [2.45, 2.75) is 6.42 Å². The second-order valence-corrected chi connectivity index (χ2v) is 6.49. The third-order valence-corrected chi connectivity index (χ3v) is 4.28. The van der Waals surface area contributed by atoms with Crippen molar-refractivity contribution in [1.82, 2.24) is 24.8 Å². The molecule has 2 N–H and O–H groups in total. The highest BCUT2D eigenvalue weighted by Gasteiger charge is 2.21. The first kappa shape index (κ1) is 16.4. The molecule has 0 aromatic carbocycles.